The highest BCUT2D eigenvalue weighted by molar-refractivity contribution is 8.00. The summed E-state index contributed by atoms with van der Waals surface area (Å²) in [4.78, 5) is 17.4. The van der Waals surface area contributed by atoms with E-state index in [-0.39, 0.29) is 23.7 Å². The minimum absolute atomic E-state index is 0.0292. The Labute approximate surface area is 156 Å². The summed E-state index contributed by atoms with van der Waals surface area (Å²) in [5.74, 6) is 0.459. The van der Waals surface area contributed by atoms with Crippen molar-refractivity contribution in [3.05, 3.63) is 66.1 Å². The van der Waals surface area contributed by atoms with Gasteiger partial charge >= 0.3 is 5.97 Å². The van der Waals surface area contributed by atoms with Gasteiger partial charge in [0.2, 0.25) is 5.82 Å². The molecular formula is C20H20N2O3S. The average molecular weight is 368 g/mol. The molecule has 0 N–H and O–H groups in total. The molecule has 0 amide bonds. The van der Waals surface area contributed by atoms with Gasteiger partial charge in [0, 0.05) is 10.5 Å². The highest BCUT2D eigenvalue weighted by Crippen LogP contribution is 2.24. The fraction of sp³-hybridized carbons (Fsp3) is 0.250. The van der Waals surface area contributed by atoms with Gasteiger partial charge in [-0.15, -0.1) is 11.8 Å². The number of aromatic nitrogens is 2. The molecule has 0 spiro atoms. The van der Waals surface area contributed by atoms with Crippen LogP contribution in [-0.4, -0.2) is 21.4 Å². The van der Waals surface area contributed by atoms with E-state index in [1.165, 1.54) is 17.3 Å². The molecule has 2 aromatic carbocycles. The molecule has 0 radical (unpaired) electrons. The maximum Gasteiger partial charge on any atom is 0.319 e. The van der Waals surface area contributed by atoms with Crippen molar-refractivity contribution in [1.29, 1.82) is 0 Å². The quantitative estimate of drug-likeness (QED) is 0.451. The number of carbonyl (C=O) groups excluding carboxylic acids is 1. The summed E-state index contributed by atoms with van der Waals surface area (Å²) in [6.45, 7) is 3.89. The molecule has 0 aliphatic carbocycles. The molecule has 3 rings (SSSR count). The van der Waals surface area contributed by atoms with Crippen LogP contribution in [-0.2, 0) is 22.6 Å². The zero-order valence-corrected chi connectivity index (χ0v) is 15.5. The van der Waals surface area contributed by atoms with Crippen LogP contribution in [0.2, 0.25) is 0 Å². The number of thioether (sulfide) groups is 1. The van der Waals surface area contributed by atoms with E-state index in [1.54, 1.807) is 0 Å². The number of carbonyl (C=O) groups is 1. The van der Waals surface area contributed by atoms with Crippen molar-refractivity contribution in [2.24, 2.45) is 0 Å². The van der Waals surface area contributed by atoms with E-state index in [2.05, 4.69) is 17.1 Å². The second kappa shape index (κ2) is 8.67. The summed E-state index contributed by atoms with van der Waals surface area (Å²) in [5, 5.41) is 3.63. The van der Waals surface area contributed by atoms with Gasteiger partial charge in [-0.05, 0) is 31.0 Å². The molecule has 1 aromatic heterocycles. The van der Waals surface area contributed by atoms with E-state index in [0.29, 0.717) is 5.82 Å². The Morgan fingerprint density at radius 1 is 1.15 bits per heavy atom. The molecule has 6 heteroatoms. The third-order valence-electron chi connectivity index (χ3n) is 3.81. The lowest BCUT2D eigenvalue weighted by Crippen LogP contribution is -2.16. The van der Waals surface area contributed by atoms with Gasteiger partial charge < -0.3 is 9.26 Å². The van der Waals surface area contributed by atoms with Gasteiger partial charge in [0.25, 0.3) is 5.89 Å². The van der Waals surface area contributed by atoms with Gasteiger partial charge in [0.05, 0.1) is 0 Å². The summed E-state index contributed by atoms with van der Waals surface area (Å²) in [7, 11) is 0. The third kappa shape index (κ3) is 4.73. The average Bonchev–Trinajstić information content (AvgIpc) is 3.16. The van der Waals surface area contributed by atoms with Crippen LogP contribution in [0, 0.1) is 0 Å². The summed E-state index contributed by atoms with van der Waals surface area (Å²) in [6, 6.07) is 17.7. The maximum absolute atomic E-state index is 12.1. The number of benzene rings is 2. The first-order chi connectivity index (χ1) is 12.7. The van der Waals surface area contributed by atoms with E-state index < -0.39 is 0 Å². The Morgan fingerprint density at radius 2 is 1.88 bits per heavy atom. The molecule has 134 valence electrons. The Kier molecular flexibility index (Phi) is 6.07. The number of aryl methyl sites for hydroxylation is 1. The fourth-order valence-electron chi connectivity index (χ4n) is 2.32. The second-order valence-corrected chi connectivity index (χ2v) is 7.16. The number of nitrogens with zero attached hydrogens (tertiary/aromatic N) is 2. The fourth-order valence-corrected chi connectivity index (χ4v) is 3.21. The lowest BCUT2D eigenvalue weighted by molar-refractivity contribution is -0.144. The minimum Gasteiger partial charge on any atom is -0.455 e. The van der Waals surface area contributed by atoms with Gasteiger partial charge in [0.1, 0.15) is 5.25 Å². The molecule has 1 atom stereocenters. The third-order valence-corrected chi connectivity index (χ3v) is 4.90. The summed E-state index contributed by atoms with van der Waals surface area (Å²) < 4.78 is 10.5. The topological polar surface area (TPSA) is 65.2 Å². The first-order valence-electron chi connectivity index (χ1n) is 8.46. The van der Waals surface area contributed by atoms with E-state index in [0.717, 1.165) is 16.9 Å². The van der Waals surface area contributed by atoms with Crippen LogP contribution < -0.4 is 0 Å². The first-order valence-corrected chi connectivity index (χ1v) is 9.34. The van der Waals surface area contributed by atoms with Crippen LogP contribution in [0.15, 0.2) is 64.0 Å². The van der Waals surface area contributed by atoms with Crippen LogP contribution in [0.25, 0.3) is 11.4 Å². The zero-order chi connectivity index (χ0) is 18.4. The lowest BCUT2D eigenvalue weighted by atomic mass is 10.1. The molecule has 0 aliphatic rings. The van der Waals surface area contributed by atoms with Crippen molar-refractivity contribution in [2.45, 2.75) is 37.0 Å². The van der Waals surface area contributed by atoms with E-state index in [9.17, 15) is 4.79 Å². The highest BCUT2D eigenvalue weighted by Gasteiger charge is 2.18. The minimum atomic E-state index is -0.318. The molecular weight excluding hydrogens is 348 g/mol. The molecule has 0 saturated carbocycles. The monoisotopic (exact) mass is 368 g/mol. The lowest BCUT2D eigenvalue weighted by Gasteiger charge is -2.09. The number of esters is 1. The van der Waals surface area contributed by atoms with E-state index >= 15 is 0 Å². The van der Waals surface area contributed by atoms with Crippen molar-refractivity contribution in [1.82, 2.24) is 10.1 Å². The molecule has 0 fully saturated rings. The molecule has 3 aromatic rings. The van der Waals surface area contributed by atoms with Crippen LogP contribution in [0.5, 0.6) is 0 Å². The Hall–Kier alpha value is -2.60. The Balaban J connectivity index is 1.54. The van der Waals surface area contributed by atoms with Crippen LogP contribution >= 0.6 is 11.8 Å². The molecule has 26 heavy (non-hydrogen) atoms. The number of hydrogen-bond acceptors (Lipinski definition) is 6. The molecule has 5 nitrogen and oxygen atoms in total. The van der Waals surface area contributed by atoms with Crippen LogP contribution in [0.4, 0.5) is 0 Å². The molecule has 1 heterocycles. The van der Waals surface area contributed by atoms with Crippen molar-refractivity contribution < 1.29 is 14.1 Å². The summed E-state index contributed by atoms with van der Waals surface area (Å²) in [5.41, 5.74) is 2.12. The van der Waals surface area contributed by atoms with Crippen molar-refractivity contribution in [3.63, 3.8) is 0 Å². The van der Waals surface area contributed by atoms with Crippen molar-refractivity contribution in [3.8, 4) is 11.4 Å². The molecule has 0 unspecified atom stereocenters. The predicted molar refractivity (Wildman–Crippen MR) is 101 cm³/mol. The largest absolute Gasteiger partial charge is 0.455 e. The standard InChI is InChI=1S/C20H20N2O3S/c1-3-15-9-11-16(12-10-15)19-21-18(25-22-19)13-24-20(23)14(2)26-17-7-5-4-6-8-17/h4-12,14H,3,13H2,1-2H3/t14-/m1/s1. The normalized spacial score (nSPS) is 11.9. The second-order valence-electron chi connectivity index (χ2n) is 5.74. The zero-order valence-electron chi connectivity index (χ0n) is 14.7. The van der Waals surface area contributed by atoms with Gasteiger partial charge in [0.15, 0.2) is 6.61 Å². The van der Waals surface area contributed by atoms with E-state index in [1.807, 2.05) is 61.5 Å². The predicted octanol–water partition coefficient (Wildman–Crippen LogP) is 4.52. The van der Waals surface area contributed by atoms with E-state index in [4.69, 9.17) is 9.26 Å². The van der Waals surface area contributed by atoms with Crippen LogP contribution in [0.1, 0.15) is 25.3 Å². The van der Waals surface area contributed by atoms with Gasteiger partial charge in [-0.1, -0.05) is 54.5 Å². The summed E-state index contributed by atoms with van der Waals surface area (Å²) in [6.07, 6.45) is 0.979. The van der Waals surface area contributed by atoms with Crippen molar-refractivity contribution in [2.75, 3.05) is 0 Å². The molecule has 0 bridgehead atoms. The molecule has 0 saturated heterocycles. The Morgan fingerprint density at radius 3 is 2.58 bits per heavy atom. The Bertz CT molecular complexity index is 847. The van der Waals surface area contributed by atoms with Gasteiger partial charge in [-0.3, -0.25) is 4.79 Å². The number of ether oxygens (including phenoxy) is 1. The smallest absolute Gasteiger partial charge is 0.319 e. The van der Waals surface area contributed by atoms with Gasteiger partial charge in [-0.2, -0.15) is 4.98 Å². The van der Waals surface area contributed by atoms with Gasteiger partial charge in [-0.25, -0.2) is 0 Å². The highest BCUT2D eigenvalue weighted by atomic mass is 32.2. The molecule has 0 aliphatic heterocycles. The van der Waals surface area contributed by atoms with Crippen molar-refractivity contribution >= 4 is 17.7 Å². The first kappa shape index (κ1) is 18.2. The maximum atomic E-state index is 12.1. The van der Waals surface area contributed by atoms with Crippen LogP contribution in [0.3, 0.4) is 0 Å². The SMILES string of the molecule is CCc1ccc(-c2noc(COC(=O)[C@@H](C)Sc3ccccc3)n2)cc1. The summed E-state index contributed by atoms with van der Waals surface area (Å²) >= 11 is 1.45. The number of rotatable bonds is 7. The number of hydrogen-bond donors (Lipinski definition) is 0.